The zero-order valence-corrected chi connectivity index (χ0v) is 14.5. The van der Waals surface area contributed by atoms with Crippen molar-refractivity contribution in [3.8, 4) is 0 Å². The number of benzene rings is 1. The number of carbonyl (C=O) groups excluding carboxylic acids is 1. The Balaban J connectivity index is 1.45. The van der Waals surface area contributed by atoms with Crippen molar-refractivity contribution in [3.63, 3.8) is 0 Å². The van der Waals surface area contributed by atoms with Gasteiger partial charge in [-0.1, -0.05) is 30.3 Å². The summed E-state index contributed by atoms with van der Waals surface area (Å²) in [5.41, 5.74) is 4.08. The van der Waals surface area contributed by atoms with Gasteiger partial charge in [-0.3, -0.25) is 9.78 Å². The Labute approximate surface area is 143 Å². The van der Waals surface area contributed by atoms with Crippen LogP contribution in [0.4, 0.5) is 0 Å². The van der Waals surface area contributed by atoms with Gasteiger partial charge < -0.3 is 10.2 Å². The first-order valence-corrected chi connectivity index (χ1v) is 8.62. The van der Waals surface area contributed by atoms with E-state index in [2.05, 4.69) is 45.5 Å². The molecule has 4 nitrogen and oxygen atoms in total. The van der Waals surface area contributed by atoms with Crippen LogP contribution in [-0.4, -0.2) is 42.0 Å². The largest absolute Gasteiger partial charge is 0.351 e. The zero-order chi connectivity index (χ0) is 16.9. The summed E-state index contributed by atoms with van der Waals surface area (Å²) in [5.74, 6) is 0.579. The molecule has 1 unspecified atom stereocenters. The molecule has 2 aromatic rings. The van der Waals surface area contributed by atoms with Gasteiger partial charge in [0, 0.05) is 31.5 Å². The van der Waals surface area contributed by atoms with Gasteiger partial charge in [0.15, 0.2) is 0 Å². The van der Waals surface area contributed by atoms with Gasteiger partial charge in [0.05, 0.1) is 5.56 Å². The summed E-state index contributed by atoms with van der Waals surface area (Å²) in [6.45, 7) is 7.67. The number of rotatable bonds is 5. The Kier molecular flexibility index (Phi) is 5.26. The number of aryl methyl sites for hydroxylation is 2. The average molecular weight is 323 g/mol. The number of hydrogen-bond donors (Lipinski definition) is 1. The van der Waals surface area contributed by atoms with Gasteiger partial charge >= 0.3 is 0 Å². The highest BCUT2D eigenvalue weighted by Crippen LogP contribution is 2.26. The van der Waals surface area contributed by atoms with Crippen LogP contribution in [-0.2, 0) is 0 Å². The molecule has 1 saturated heterocycles. The minimum absolute atomic E-state index is 0.0376. The minimum Gasteiger partial charge on any atom is -0.351 e. The van der Waals surface area contributed by atoms with Gasteiger partial charge in [-0.2, -0.15) is 0 Å². The molecule has 0 bridgehead atoms. The first-order chi connectivity index (χ1) is 11.6. The fourth-order valence-electron chi connectivity index (χ4n) is 3.23. The van der Waals surface area contributed by atoms with E-state index in [9.17, 15) is 4.79 Å². The molecular weight excluding hydrogens is 298 g/mol. The monoisotopic (exact) mass is 323 g/mol. The van der Waals surface area contributed by atoms with E-state index >= 15 is 0 Å². The third kappa shape index (κ3) is 4.01. The van der Waals surface area contributed by atoms with E-state index < -0.39 is 0 Å². The van der Waals surface area contributed by atoms with Gasteiger partial charge in [0.25, 0.3) is 5.91 Å². The molecule has 0 spiro atoms. The van der Waals surface area contributed by atoms with Gasteiger partial charge in [-0.05, 0) is 49.9 Å². The molecule has 3 rings (SSSR count). The molecule has 0 saturated carbocycles. The predicted octanol–water partition coefficient (Wildman–Crippen LogP) is 2.92. The summed E-state index contributed by atoms with van der Waals surface area (Å²) in [5, 5.41) is 3.01. The fourth-order valence-corrected chi connectivity index (χ4v) is 3.23. The molecule has 1 atom stereocenters. The Bertz CT molecular complexity index is 699. The topological polar surface area (TPSA) is 45.2 Å². The molecule has 24 heavy (non-hydrogen) atoms. The highest BCUT2D eigenvalue weighted by molar-refractivity contribution is 5.94. The van der Waals surface area contributed by atoms with E-state index in [0.717, 1.165) is 30.9 Å². The number of nitrogens with one attached hydrogen (secondary N) is 1. The van der Waals surface area contributed by atoms with Crippen LogP contribution in [0.1, 0.15) is 39.5 Å². The lowest BCUT2D eigenvalue weighted by Crippen LogP contribution is -2.33. The highest BCUT2D eigenvalue weighted by atomic mass is 16.1. The Hall–Kier alpha value is -2.20. The number of carbonyl (C=O) groups is 1. The first kappa shape index (κ1) is 16.7. The molecule has 1 aliphatic heterocycles. The summed E-state index contributed by atoms with van der Waals surface area (Å²) in [6.07, 6.45) is 2.85. The molecule has 1 fully saturated rings. The quantitative estimate of drug-likeness (QED) is 0.920. The van der Waals surface area contributed by atoms with Crippen molar-refractivity contribution in [2.75, 3.05) is 26.2 Å². The molecule has 1 aliphatic rings. The van der Waals surface area contributed by atoms with Crippen LogP contribution in [0.25, 0.3) is 0 Å². The van der Waals surface area contributed by atoms with Crippen LogP contribution in [0.2, 0.25) is 0 Å². The maximum Gasteiger partial charge on any atom is 0.252 e. The lowest BCUT2D eigenvalue weighted by atomic mass is 9.99. The molecule has 1 aromatic heterocycles. The normalized spacial score (nSPS) is 17.8. The van der Waals surface area contributed by atoms with Crippen molar-refractivity contribution in [2.45, 2.75) is 26.2 Å². The average Bonchev–Trinajstić information content (AvgIpc) is 3.07. The van der Waals surface area contributed by atoms with Gasteiger partial charge in [-0.25, -0.2) is 0 Å². The summed E-state index contributed by atoms with van der Waals surface area (Å²) in [6, 6.07) is 12.6. The predicted molar refractivity (Wildman–Crippen MR) is 96.3 cm³/mol. The molecular formula is C20H25N3O. The van der Waals surface area contributed by atoms with Crippen molar-refractivity contribution in [2.24, 2.45) is 0 Å². The van der Waals surface area contributed by atoms with Crippen molar-refractivity contribution in [1.82, 2.24) is 15.2 Å². The minimum atomic E-state index is -0.0376. The highest BCUT2D eigenvalue weighted by Gasteiger charge is 2.23. The van der Waals surface area contributed by atoms with Crippen molar-refractivity contribution in [3.05, 3.63) is 65.0 Å². The smallest absolute Gasteiger partial charge is 0.252 e. The van der Waals surface area contributed by atoms with Gasteiger partial charge in [0.1, 0.15) is 0 Å². The fraction of sp³-hybridized carbons (Fsp3) is 0.400. The number of hydrogen-bond acceptors (Lipinski definition) is 3. The van der Waals surface area contributed by atoms with Gasteiger partial charge in [-0.15, -0.1) is 0 Å². The van der Waals surface area contributed by atoms with Crippen molar-refractivity contribution in [1.29, 1.82) is 0 Å². The summed E-state index contributed by atoms with van der Waals surface area (Å²) in [4.78, 5) is 18.9. The van der Waals surface area contributed by atoms with Crippen LogP contribution >= 0.6 is 0 Å². The third-order valence-corrected chi connectivity index (χ3v) is 4.86. The van der Waals surface area contributed by atoms with Gasteiger partial charge in [0.2, 0.25) is 0 Å². The second-order valence-electron chi connectivity index (χ2n) is 6.58. The molecule has 0 radical (unpaired) electrons. The van der Waals surface area contributed by atoms with E-state index in [1.165, 1.54) is 12.0 Å². The standard InChI is InChI=1S/C20H25N3O/c1-15-12-19(13-22-16(15)2)20(24)21-9-11-23-10-8-18(14-23)17-6-4-3-5-7-17/h3-7,12-13,18H,8-11,14H2,1-2H3,(H,21,24). The van der Waals surface area contributed by atoms with E-state index in [4.69, 9.17) is 0 Å². The summed E-state index contributed by atoms with van der Waals surface area (Å²) >= 11 is 0. The molecule has 1 aromatic carbocycles. The van der Waals surface area contributed by atoms with E-state index in [-0.39, 0.29) is 5.91 Å². The van der Waals surface area contributed by atoms with Crippen LogP contribution < -0.4 is 5.32 Å². The lowest BCUT2D eigenvalue weighted by molar-refractivity contribution is 0.0949. The molecule has 1 amide bonds. The van der Waals surface area contributed by atoms with Crippen LogP contribution in [0, 0.1) is 13.8 Å². The van der Waals surface area contributed by atoms with E-state index in [1.54, 1.807) is 6.20 Å². The number of likely N-dealkylation sites (tertiary alicyclic amines) is 1. The first-order valence-electron chi connectivity index (χ1n) is 8.62. The Morgan fingerprint density at radius 3 is 2.83 bits per heavy atom. The number of aromatic nitrogens is 1. The number of amides is 1. The van der Waals surface area contributed by atoms with Crippen LogP contribution in [0.15, 0.2) is 42.6 Å². The maximum atomic E-state index is 12.2. The Morgan fingerprint density at radius 2 is 2.08 bits per heavy atom. The third-order valence-electron chi connectivity index (χ3n) is 4.86. The molecule has 4 heteroatoms. The second kappa shape index (κ2) is 7.58. The zero-order valence-electron chi connectivity index (χ0n) is 14.5. The van der Waals surface area contributed by atoms with Crippen LogP contribution in [0.3, 0.4) is 0 Å². The molecule has 2 heterocycles. The SMILES string of the molecule is Cc1cc(C(=O)NCCN2CCC(c3ccccc3)C2)cnc1C. The van der Waals surface area contributed by atoms with Crippen molar-refractivity contribution >= 4 is 5.91 Å². The maximum absolute atomic E-state index is 12.2. The lowest BCUT2D eigenvalue weighted by Gasteiger charge is -2.16. The summed E-state index contributed by atoms with van der Waals surface area (Å²) in [7, 11) is 0. The molecule has 1 N–H and O–H groups in total. The molecule has 126 valence electrons. The Morgan fingerprint density at radius 1 is 1.29 bits per heavy atom. The van der Waals surface area contributed by atoms with E-state index in [0.29, 0.717) is 18.0 Å². The summed E-state index contributed by atoms with van der Waals surface area (Å²) < 4.78 is 0. The number of pyridine rings is 1. The van der Waals surface area contributed by atoms with Crippen molar-refractivity contribution < 1.29 is 4.79 Å². The number of nitrogens with zero attached hydrogens (tertiary/aromatic N) is 2. The molecule has 0 aliphatic carbocycles. The second-order valence-corrected chi connectivity index (χ2v) is 6.58. The van der Waals surface area contributed by atoms with Crippen LogP contribution in [0.5, 0.6) is 0 Å². The van der Waals surface area contributed by atoms with E-state index in [1.807, 2.05) is 19.9 Å².